The molecule has 0 saturated carbocycles. The first-order valence-electron chi connectivity index (χ1n) is 11.7. The number of benzene rings is 1. The summed E-state index contributed by atoms with van der Waals surface area (Å²) in [6.45, 7) is 12.2. The van der Waals surface area contributed by atoms with Gasteiger partial charge in [-0.1, -0.05) is 57.5 Å². The summed E-state index contributed by atoms with van der Waals surface area (Å²) in [7, 11) is 1.54. The van der Waals surface area contributed by atoms with Gasteiger partial charge in [0.15, 0.2) is 0 Å². The highest BCUT2D eigenvalue weighted by molar-refractivity contribution is 5.90. The predicted molar refractivity (Wildman–Crippen MR) is 129 cm³/mol. The second-order valence-corrected chi connectivity index (χ2v) is 10.4. The van der Waals surface area contributed by atoms with Gasteiger partial charge in [-0.25, -0.2) is 0 Å². The molecule has 0 radical (unpaired) electrons. The average molecular weight is 463 g/mol. The van der Waals surface area contributed by atoms with E-state index in [0.717, 1.165) is 18.4 Å². The summed E-state index contributed by atoms with van der Waals surface area (Å²) in [4.78, 5) is 37.9. The van der Waals surface area contributed by atoms with Crippen molar-refractivity contribution in [1.82, 2.24) is 10.6 Å². The average Bonchev–Trinajstić information content (AvgIpc) is 2.71. The zero-order valence-electron chi connectivity index (χ0n) is 21.3. The summed E-state index contributed by atoms with van der Waals surface area (Å²) in [6, 6.07) is 9.24. The third-order valence-electron chi connectivity index (χ3n) is 5.07. The number of esters is 1. The van der Waals surface area contributed by atoms with Crippen LogP contribution in [0.4, 0.5) is 0 Å². The second-order valence-electron chi connectivity index (χ2n) is 10.4. The van der Waals surface area contributed by atoms with Crippen molar-refractivity contribution in [3.63, 3.8) is 0 Å². The molecule has 186 valence electrons. The van der Waals surface area contributed by atoms with Gasteiger partial charge in [0.05, 0.1) is 13.0 Å². The van der Waals surface area contributed by atoms with E-state index in [1.807, 2.05) is 51.1 Å². The van der Waals surface area contributed by atoms with Crippen LogP contribution in [0.5, 0.6) is 0 Å². The van der Waals surface area contributed by atoms with E-state index in [-0.39, 0.29) is 18.2 Å². The predicted octanol–water partition coefficient (Wildman–Crippen LogP) is 4.00. The fourth-order valence-corrected chi connectivity index (χ4v) is 3.35. The molecule has 33 heavy (non-hydrogen) atoms. The van der Waals surface area contributed by atoms with Crippen LogP contribution < -0.4 is 10.6 Å². The maximum Gasteiger partial charge on any atom is 0.307 e. The molecule has 7 heteroatoms. The number of nitrogens with one attached hydrogen (secondary N) is 2. The van der Waals surface area contributed by atoms with Gasteiger partial charge in [-0.05, 0) is 44.6 Å². The van der Waals surface area contributed by atoms with Gasteiger partial charge >= 0.3 is 5.97 Å². The van der Waals surface area contributed by atoms with Crippen molar-refractivity contribution in [2.24, 2.45) is 11.3 Å². The zero-order valence-corrected chi connectivity index (χ0v) is 21.3. The molecular formula is C26H42N2O5. The third-order valence-corrected chi connectivity index (χ3v) is 5.07. The summed E-state index contributed by atoms with van der Waals surface area (Å²) in [5, 5.41) is 5.47. The molecule has 0 spiro atoms. The van der Waals surface area contributed by atoms with Gasteiger partial charge in [0.25, 0.3) is 0 Å². The molecule has 0 aliphatic carbocycles. The molecule has 0 aliphatic rings. The summed E-state index contributed by atoms with van der Waals surface area (Å²) in [6.07, 6.45) is 1.96. The van der Waals surface area contributed by atoms with Crippen LogP contribution in [-0.4, -0.2) is 43.1 Å². The first kappa shape index (κ1) is 28.6. The molecule has 1 aromatic rings. The van der Waals surface area contributed by atoms with Crippen molar-refractivity contribution in [2.75, 3.05) is 13.7 Å². The van der Waals surface area contributed by atoms with Gasteiger partial charge in [0.1, 0.15) is 11.6 Å². The van der Waals surface area contributed by atoms with Crippen LogP contribution in [0.25, 0.3) is 0 Å². The van der Waals surface area contributed by atoms with E-state index in [9.17, 15) is 14.4 Å². The molecule has 0 bridgehead atoms. The molecule has 1 rings (SSSR count). The Bertz CT molecular complexity index is 750. The van der Waals surface area contributed by atoms with Crippen LogP contribution in [0.2, 0.25) is 0 Å². The van der Waals surface area contributed by atoms with Crippen molar-refractivity contribution in [3.05, 3.63) is 35.9 Å². The monoisotopic (exact) mass is 462 g/mol. The standard InChI is InChI=1S/C26H42N2O5/c1-25(2,3)22(24(31)27-7)28-23(30)20(17-21(29)33-26(4,5)6)15-11-12-16-32-18-19-13-9-8-10-14-19/h8-10,13-14,20,22H,11-12,15-18H2,1-7H3,(H,27,31)(H,28,30)/t20-,22-/m1/s1. The molecule has 2 atom stereocenters. The minimum atomic E-state index is -0.703. The number of carbonyl (C=O) groups is 3. The molecule has 0 heterocycles. The van der Waals surface area contributed by atoms with Gasteiger partial charge in [-0.15, -0.1) is 0 Å². The van der Waals surface area contributed by atoms with Crippen LogP contribution in [0.1, 0.15) is 72.8 Å². The second kappa shape index (κ2) is 13.3. The summed E-state index contributed by atoms with van der Waals surface area (Å²) < 4.78 is 11.1. The highest BCUT2D eigenvalue weighted by Gasteiger charge is 2.34. The summed E-state index contributed by atoms with van der Waals surface area (Å²) in [5.74, 6) is -1.57. The number of hydrogen-bond acceptors (Lipinski definition) is 5. The lowest BCUT2D eigenvalue weighted by atomic mass is 9.85. The largest absolute Gasteiger partial charge is 0.460 e. The van der Waals surface area contributed by atoms with E-state index < -0.39 is 28.9 Å². The highest BCUT2D eigenvalue weighted by Crippen LogP contribution is 2.22. The lowest BCUT2D eigenvalue weighted by Gasteiger charge is -2.31. The van der Waals surface area contributed by atoms with Crippen molar-refractivity contribution >= 4 is 17.8 Å². The first-order chi connectivity index (χ1) is 15.3. The van der Waals surface area contributed by atoms with Gasteiger partial charge in [-0.3, -0.25) is 14.4 Å². The Morgan fingerprint density at radius 2 is 1.58 bits per heavy atom. The maximum atomic E-state index is 13.1. The Morgan fingerprint density at radius 3 is 2.12 bits per heavy atom. The highest BCUT2D eigenvalue weighted by atomic mass is 16.6. The van der Waals surface area contributed by atoms with Gasteiger partial charge < -0.3 is 20.1 Å². The maximum absolute atomic E-state index is 13.1. The van der Waals surface area contributed by atoms with Crippen molar-refractivity contribution < 1.29 is 23.9 Å². The molecule has 0 fully saturated rings. The lowest BCUT2D eigenvalue weighted by Crippen LogP contribution is -2.54. The molecule has 2 N–H and O–H groups in total. The topological polar surface area (TPSA) is 93.7 Å². The molecular weight excluding hydrogens is 420 g/mol. The normalized spacial score (nSPS) is 13.7. The van der Waals surface area contributed by atoms with Crippen molar-refractivity contribution in [1.29, 1.82) is 0 Å². The molecule has 0 saturated heterocycles. The van der Waals surface area contributed by atoms with E-state index in [0.29, 0.717) is 19.6 Å². The Kier molecular flexibility index (Phi) is 11.6. The summed E-state index contributed by atoms with van der Waals surface area (Å²) >= 11 is 0. The Balaban J connectivity index is 2.70. The fraction of sp³-hybridized carbons (Fsp3) is 0.654. The number of hydrogen-bond donors (Lipinski definition) is 2. The van der Waals surface area contributed by atoms with E-state index in [1.54, 1.807) is 27.8 Å². The fourth-order valence-electron chi connectivity index (χ4n) is 3.35. The van der Waals surface area contributed by atoms with Crippen LogP contribution in [0, 0.1) is 11.3 Å². The number of likely N-dealkylation sites (N-methyl/N-ethyl adjacent to an activating group) is 1. The lowest BCUT2D eigenvalue weighted by molar-refractivity contribution is -0.157. The molecule has 7 nitrogen and oxygen atoms in total. The third kappa shape index (κ3) is 11.9. The Hall–Kier alpha value is -2.41. The SMILES string of the molecule is CNC(=O)[C@@H](NC(=O)[C@H](CCCCOCc1ccccc1)CC(=O)OC(C)(C)C)C(C)(C)C. The van der Waals surface area contributed by atoms with Crippen LogP contribution in [0.15, 0.2) is 30.3 Å². The number of unbranched alkanes of at least 4 members (excludes halogenated alkanes) is 1. The van der Waals surface area contributed by atoms with E-state index >= 15 is 0 Å². The molecule has 0 aromatic heterocycles. The van der Waals surface area contributed by atoms with Crippen molar-refractivity contribution in [3.8, 4) is 0 Å². The Labute approximate surface area is 199 Å². The minimum Gasteiger partial charge on any atom is -0.460 e. The van der Waals surface area contributed by atoms with Crippen LogP contribution in [0.3, 0.4) is 0 Å². The van der Waals surface area contributed by atoms with Gasteiger partial charge in [-0.2, -0.15) is 0 Å². The minimum absolute atomic E-state index is 0.0292. The molecule has 0 aliphatic heterocycles. The number of ether oxygens (including phenoxy) is 2. The van der Waals surface area contributed by atoms with E-state index in [2.05, 4.69) is 10.6 Å². The molecule has 0 unspecified atom stereocenters. The number of rotatable bonds is 12. The molecule has 2 amide bonds. The smallest absolute Gasteiger partial charge is 0.307 e. The van der Waals surface area contributed by atoms with Crippen LogP contribution in [-0.2, 0) is 30.5 Å². The van der Waals surface area contributed by atoms with E-state index in [1.165, 1.54) is 0 Å². The Morgan fingerprint density at radius 1 is 0.939 bits per heavy atom. The zero-order chi connectivity index (χ0) is 25.1. The van der Waals surface area contributed by atoms with Crippen molar-refractivity contribution in [2.45, 2.75) is 85.5 Å². The first-order valence-corrected chi connectivity index (χ1v) is 11.7. The van der Waals surface area contributed by atoms with Crippen LogP contribution >= 0.6 is 0 Å². The van der Waals surface area contributed by atoms with Gasteiger partial charge in [0.2, 0.25) is 11.8 Å². The summed E-state index contributed by atoms with van der Waals surface area (Å²) in [5.41, 5.74) is 0.0128. The quantitative estimate of drug-likeness (QED) is 0.362. The van der Waals surface area contributed by atoms with Gasteiger partial charge in [0, 0.05) is 19.6 Å². The molecule has 1 aromatic carbocycles. The number of carbonyl (C=O) groups excluding carboxylic acids is 3. The number of amides is 2. The van der Waals surface area contributed by atoms with E-state index in [4.69, 9.17) is 9.47 Å².